The fourth-order valence-corrected chi connectivity index (χ4v) is 2.27. The minimum atomic E-state index is -0.556. The molecule has 0 aliphatic carbocycles. The van der Waals surface area contributed by atoms with Crippen LogP contribution in [0.2, 0.25) is 0 Å². The molecule has 130 valence electrons. The molecule has 3 aromatic rings. The Morgan fingerprint density at radius 3 is 2.65 bits per heavy atom. The van der Waals surface area contributed by atoms with Crippen molar-refractivity contribution in [3.8, 4) is 11.3 Å². The Morgan fingerprint density at radius 2 is 1.92 bits per heavy atom. The van der Waals surface area contributed by atoms with E-state index in [0.717, 1.165) is 10.2 Å². The van der Waals surface area contributed by atoms with Crippen LogP contribution in [-0.4, -0.2) is 25.6 Å². The highest BCUT2D eigenvalue weighted by Gasteiger charge is 2.11. The van der Waals surface area contributed by atoms with Crippen LogP contribution in [0.5, 0.6) is 0 Å². The number of amides is 1. The quantitative estimate of drug-likeness (QED) is 0.553. The van der Waals surface area contributed by atoms with Crippen LogP contribution < -0.4 is 10.9 Å². The maximum Gasteiger partial charge on any atom is 0.271 e. The number of hydrogen-bond donors (Lipinski definition) is 1. The summed E-state index contributed by atoms with van der Waals surface area (Å²) in [6.07, 6.45) is 3.20. The highest BCUT2D eigenvalue weighted by Crippen LogP contribution is 2.17. The summed E-state index contributed by atoms with van der Waals surface area (Å²) in [7, 11) is 0. The Bertz CT molecular complexity index is 1020. The van der Waals surface area contributed by atoms with Crippen LogP contribution in [0.1, 0.15) is 0 Å². The van der Waals surface area contributed by atoms with Crippen molar-refractivity contribution in [3.05, 3.63) is 81.4 Å². The lowest BCUT2D eigenvalue weighted by atomic mass is 10.2. The first-order valence-corrected chi connectivity index (χ1v) is 7.56. The van der Waals surface area contributed by atoms with Gasteiger partial charge in [0.2, 0.25) is 5.91 Å². The normalized spacial score (nSPS) is 10.3. The third-order valence-corrected chi connectivity index (χ3v) is 3.48. The van der Waals surface area contributed by atoms with Gasteiger partial charge in [-0.1, -0.05) is 6.07 Å². The van der Waals surface area contributed by atoms with Gasteiger partial charge in [0, 0.05) is 41.8 Å². The SMILES string of the molecule is O=C(Cn1nc(-c2ccncc2)ccc1=O)Nc1cccc([N+](=O)[O-])c1. The average Bonchev–Trinajstić information content (AvgIpc) is 2.64. The van der Waals surface area contributed by atoms with Gasteiger partial charge in [-0.15, -0.1) is 0 Å². The van der Waals surface area contributed by atoms with E-state index in [-0.39, 0.29) is 17.9 Å². The van der Waals surface area contributed by atoms with Gasteiger partial charge in [-0.25, -0.2) is 4.68 Å². The molecule has 0 aliphatic rings. The van der Waals surface area contributed by atoms with Crippen molar-refractivity contribution in [2.45, 2.75) is 6.54 Å². The van der Waals surface area contributed by atoms with E-state index in [9.17, 15) is 19.7 Å². The summed E-state index contributed by atoms with van der Waals surface area (Å²) in [4.78, 5) is 38.3. The van der Waals surface area contributed by atoms with Gasteiger partial charge in [0.1, 0.15) is 6.54 Å². The predicted octanol–water partition coefficient (Wildman–Crippen LogP) is 1.85. The zero-order chi connectivity index (χ0) is 18.5. The van der Waals surface area contributed by atoms with E-state index in [2.05, 4.69) is 15.4 Å². The number of aromatic nitrogens is 3. The topological polar surface area (TPSA) is 120 Å². The predicted molar refractivity (Wildman–Crippen MR) is 93.5 cm³/mol. The number of pyridine rings is 1. The molecule has 0 unspecified atom stereocenters. The van der Waals surface area contributed by atoms with E-state index >= 15 is 0 Å². The van der Waals surface area contributed by atoms with Gasteiger partial charge in [-0.2, -0.15) is 5.10 Å². The van der Waals surface area contributed by atoms with Crippen molar-refractivity contribution < 1.29 is 9.72 Å². The summed E-state index contributed by atoms with van der Waals surface area (Å²) in [5.41, 5.74) is 0.973. The summed E-state index contributed by atoms with van der Waals surface area (Å²) in [6, 6.07) is 11.9. The van der Waals surface area contributed by atoms with Crippen LogP contribution in [0.25, 0.3) is 11.3 Å². The number of nitro groups is 1. The molecular weight excluding hydrogens is 338 g/mol. The van der Waals surface area contributed by atoms with Crippen LogP contribution >= 0.6 is 0 Å². The van der Waals surface area contributed by atoms with Crippen molar-refractivity contribution in [1.82, 2.24) is 14.8 Å². The molecule has 0 fully saturated rings. The zero-order valence-corrected chi connectivity index (χ0v) is 13.4. The van der Waals surface area contributed by atoms with E-state index in [0.29, 0.717) is 5.69 Å². The minimum absolute atomic E-state index is 0.141. The van der Waals surface area contributed by atoms with Crippen molar-refractivity contribution in [2.24, 2.45) is 0 Å². The smallest absolute Gasteiger partial charge is 0.271 e. The number of benzene rings is 1. The summed E-state index contributed by atoms with van der Waals surface area (Å²) in [6.45, 7) is -0.319. The van der Waals surface area contributed by atoms with Crippen molar-refractivity contribution in [1.29, 1.82) is 0 Å². The Labute approximate surface area is 147 Å². The highest BCUT2D eigenvalue weighted by atomic mass is 16.6. The summed E-state index contributed by atoms with van der Waals surface area (Å²) >= 11 is 0. The van der Waals surface area contributed by atoms with Crippen LogP contribution in [0, 0.1) is 10.1 Å². The van der Waals surface area contributed by atoms with Crippen LogP contribution in [-0.2, 0) is 11.3 Å². The number of carbonyl (C=O) groups excluding carboxylic acids is 1. The number of hydrogen-bond acceptors (Lipinski definition) is 6. The average molecular weight is 351 g/mol. The maximum absolute atomic E-state index is 12.2. The molecule has 2 heterocycles. The van der Waals surface area contributed by atoms with Gasteiger partial charge in [0.15, 0.2) is 0 Å². The van der Waals surface area contributed by atoms with Crippen molar-refractivity contribution >= 4 is 17.3 Å². The molecule has 2 aromatic heterocycles. The van der Waals surface area contributed by atoms with E-state index in [1.807, 2.05) is 0 Å². The summed E-state index contributed by atoms with van der Waals surface area (Å²) < 4.78 is 1.03. The molecule has 3 rings (SSSR count). The molecule has 1 aromatic carbocycles. The third kappa shape index (κ3) is 3.96. The summed E-state index contributed by atoms with van der Waals surface area (Å²) in [5.74, 6) is -0.521. The first-order valence-electron chi connectivity index (χ1n) is 7.56. The minimum Gasteiger partial charge on any atom is -0.324 e. The number of nitrogens with zero attached hydrogens (tertiary/aromatic N) is 4. The molecule has 0 aliphatic heterocycles. The fourth-order valence-electron chi connectivity index (χ4n) is 2.27. The van der Waals surface area contributed by atoms with E-state index in [4.69, 9.17) is 0 Å². The van der Waals surface area contributed by atoms with Crippen LogP contribution in [0.3, 0.4) is 0 Å². The third-order valence-electron chi connectivity index (χ3n) is 3.48. The highest BCUT2D eigenvalue weighted by molar-refractivity contribution is 5.90. The fraction of sp³-hybridized carbons (Fsp3) is 0.0588. The molecule has 1 N–H and O–H groups in total. The second-order valence-corrected chi connectivity index (χ2v) is 5.31. The number of nitro benzene ring substituents is 1. The number of non-ortho nitro benzene ring substituents is 1. The van der Waals surface area contributed by atoms with Gasteiger partial charge in [-0.3, -0.25) is 24.7 Å². The molecule has 0 saturated carbocycles. The Balaban J connectivity index is 1.78. The lowest BCUT2D eigenvalue weighted by molar-refractivity contribution is -0.384. The van der Waals surface area contributed by atoms with Gasteiger partial charge >= 0.3 is 0 Å². The molecule has 1 amide bonds. The lowest BCUT2D eigenvalue weighted by Crippen LogP contribution is -2.29. The van der Waals surface area contributed by atoms with Crippen LogP contribution in [0.15, 0.2) is 65.7 Å². The number of rotatable bonds is 5. The van der Waals surface area contributed by atoms with E-state index in [1.165, 1.54) is 30.3 Å². The molecule has 0 spiro atoms. The first kappa shape index (κ1) is 17.0. The number of nitrogens with one attached hydrogen (secondary N) is 1. The second kappa shape index (κ2) is 7.34. The molecule has 0 saturated heterocycles. The number of anilines is 1. The molecule has 0 radical (unpaired) electrons. The van der Waals surface area contributed by atoms with Crippen molar-refractivity contribution in [3.63, 3.8) is 0 Å². The van der Waals surface area contributed by atoms with Gasteiger partial charge in [-0.05, 0) is 24.3 Å². The van der Waals surface area contributed by atoms with Gasteiger partial charge in [0.25, 0.3) is 11.2 Å². The molecule has 9 nitrogen and oxygen atoms in total. The molecule has 0 bridgehead atoms. The molecule has 26 heavy (non-hydrogen) atoms. The Kier molecular flexibility index (Phi) is 4.79. The largest absolute Gasteiger partial charge is 0.324 e. The molecule has 9 heteroatoms. The van der Waals surface area contributed by atoms with Crippen LogP contribution in [0.4, 0.5) is 11.4 Å². The lowest BCUT2D eigenvalue weighted by Gasteiger charge is -2.08. The number of carbonyl (C=O) groups is 1. The second-order valence-electron chi connectivity index (χ2n) is 5.31. The van der Waals surface area contributed by atoms with Crippen molar-refractivity contribution in [2.75, 3.05) is 5.32 Å². The monoisotopic (exact) mass is 351 g/mol. The standard InChI is InChI=1S/C17H13N5O4/c23-16(19-13-2-1-3-14(10-13)22(25)26)11-21-17(24)5-4-15(20-21)12-6-8-18-9-7-12/h1-10H,11H2,(H,19,23). The Morgan fingerprint density at radius 1 is 1.15 bits per heavy atom. The summed E-state index contributed by atoms with van der Waals surface area (Å²) in [5, 5.41) is 17.5. The first-order chi connectivity index (χ1) is 12.5. The Hall–Kier alpha value is -3.88. The van der Waals surface area contributed by atoms with Gasteiger partial charge in [0.05, 0.1) is 10.6 Å². The molecular formula is C17H13N5O4. The van der Waals surface area contributed by atoms with E-state index < -0.39 is 16.4 Å². The maximum atomic E-state index is 12.2. The zero-order valence-electron chi connectivity index (χ0n) is 13.4. The van der Waals surface area contributed by atoms with Gasteiger partial charge < -0.3 is 5.32 Å². The molecule has 0 atom stereocenters. The van der Waals surface area contributed by atoms with E-state index in [1.54, 1.807) is 30.6 Å².